The fourth-order valence-corrected chi connectivity index (χ4v) is 2.62. The number of urea groups is 1. The molecule has 1 saturated carbocycles. The zero-order valence-corrected chi connectivity index (χ0v) is 12.2. The molecule has 0 aromatic heterocycles. The highest BCUT2D eigenvalue weighted by Gasteiger charge is 2.47. The maximum absolute atomic E-state index is 11.8. The van der Waals surface area contributed by atoms with Gasteiger partial charge in [0, 0.05) is 27.2 Å². The van der Waals surface area contributed by atoms with Crippen molar-refractivity contribution < 1.29 is 9.90 Å². The standard InChI is InChI=1S/C13H16Cl2N2O2/c1-13(2)10(6-11(13)18)17-12(19)16-9-4-7(14)3-8(15)5-9/h3-5,10-11,18H,6H2,1-2H3,(H2,16,17,19). The fraction of sp³-hybridized carbons (Fsp3) is 0.462. The molecular weight excluding hydrogens is 287 g/mol. The Morgan fingerprint density at radius 2 is 1.89 bits per heavy atom. The Morgan fingerprint density at radius 1 is 1.32 bits per heavy atom. The number of amides is 2. The normalized spacial score (nSPS) is 24.5. The van der Waals surface area contributed by atoms with E-state index in [0.717, 1.165) is 0 Å². The minimum atomic E-state index is -0.376. The molecule has 0 heterocycles. The molecule has 1 aliphatic carbocycles. The molecule has 1 aromatic rings. The molecule has 6 heteroatoms. The monoisotopic (exact) mass is 302 g/mol. The number of aliphatic hydroxyl groups excluding tert-OH is 1. The predicted molar refractivity (Wildman–Crippen MR) is 76.8 cm³/mol. The van der Waals surface area contributed by atoms with Crippen LogP contribution >= 0.6 is 23.2 Å². The molecular formula is C13H16Cl2N2O2. The van der Waals surface area contributed by atoms with Crippen LogP contribution in [0.25, 0.3) is 0 Å². The van der Waals surface area contributed by atoms with Crippen LogP contribution in [-0.2, 0) is 0 Å². The first-order chi connectivity index (χ1) is 8.79. The SMILES string of the molecule is CC1(C)C(O)CC1NC(=O)Nc1cc(Cl)cc(Cl)c1. The van der Waals surface area contributed by atoms with E-state index in [2.05, 4.69) is 10.6 Å². The number of benzene rings is 1. The molecule has 3 N–H and O–H groups in total. The zero-order valence-electron chi connectivity index (χ0n) is 10.7. The Kier molecular flexibility index (Phi) is 3.95. The van der Waals surface area contributed by atoms with Crippen LogP contribution in [0.15, 0.2) is 18.2 Å². The third kappa shape index (κ3) is 3.14. The summed E-state index contributed by atoms with van der Waals surface area (Å²) in [6, 6.07) is 4.46. The van der Waals surface area contributed by atoms with Crippen LogP contribution in [0.2, 0.25) is 10.0 Å². The number of halogens is 2. The Bertz CT molecular complexity index is 485. The van der Waals surface area contributed by atoms with Crippen molar-refractivity contribution in [3.63, 3.8) is 0 Å². The first kappa shape index (κ1) is 14.4. The summed E-state index contributed by atoms with van der Waals surface area (Å²) >= 11 is 11.7. The predicted octanol–water partition coefficient (Wildman–Crippen LogP) is 3.27. The summed E-state index contributed by atoms with van der Waals surface area (Å²) in [6.07, 6.45) is 0.190. The van der Waals surface area contributed by atoms with Crippen molar-refractivity contribution in [2.24, 2.45) is 5.41 Å². The molecule has 0 aliphatic heterocycles. The van der Waals surface area contributed by atoms with E-state index < -0.39 is 0 Å². The summed E-state index contributed by atoms with van der Waals surface area (Å²) in [5, 5.41) is 16.0. The number of carbonyl (C=O) groups excluding carboxylic acids is 1. The number of rotatable bonds is 2. The minimum Gasteiger partial charge on any atom is -0.392 e. The topological polar surface area (TPSA) is 61.4 Å². The summed E-state index contributed by atoms with van der Waals surface area (Å²) < 4.78 is 0. The third-order valence-corrected chi connectivity index (χ3v) is 4.08. The van der Waals surface area contributed by atoms with E-state index in [1.165, 1.54) is 0 Å². The fourth-order valence-electron chi connectivity index (χ4n) is 2.10. The van der Waals surface area contributed by atoms with E-state index in [0.29, 0.717) is 22.2 Å². The molecule has 1 fully saturated rings. The second-order valence-corrected chi connectivity index (χ2v) is 6.25. The minimum absolute atomic E-state index is 0.0443. The van der Waals surface area contributed by atoms with E-state index in [9.17, 15) is 9.90 Å². The van der Waals surface area contributed by atoms with Gasteiger partial charge in [-0.1, -0.05) is 37.0 Å². The van der Waals surface area contributed by atoms with Gasteiger partial charge < -0.3 is 15.7 Å². The van der Waals surface area contributed by atoms with E-state index in [1.807, 2.05) is 13.8 Å². The number of carbonyl (C=O) groups is 1. The van der Waals surface area contributed by atoms with E-state index in [4.69, 9.17) is 23.2 Å². The first-order valence-corrected chi connectivity index (χ1v) is 6.76. The number of nitrogens with one attached hydrogen (secondary N) is 2. The molecule has 1 aromatic carbocycles. The van der Waals surface area contributed by atoms with Crippen LogP contribution in [0, 0.1) is 5.41 Å². The molecule has 0 saturated heterocycles. The zero-order chi connectivity index (χ0) is 14.2. The summed E-state index contributed by atoms with van der Waals surface area (Å²) in [6.45, 7) is 3.84. The van der Waals surface area contributed by atoms with Crippen molar-refractivity contribution in [1.82, 2.24) is 5.32 Å². The summed E-state index contributed by atoms with van der Waals surface area (Å²) in [7, 11) is 0. The first-order valence-electron chi connectivity index (χ1n) is 6.00. The Morgan fingerprint density at radius 3 is 2.37 bits per heavy atom. The quantitative estimate of drug-likeness (QED) is 0.785. The van der Waals surface area contributed by atoms with Gasteiger partial charge in [0.15, 0.2) is 0 Å². The maximum atomic E-state index is 11.8. The summed E-state index contributed by atoms with van der Waals surface area (Å²) in [5.41, 5.74) is 0.233. The number of anilines is 1. The van der Waals surface area contributed by atoms with Crippen LogP contribution in [0.1, 0.15) is 20.3 Å². The lowest BCUT2D eigenvalue weighted by Gasteiger charge is -2.49. The van der Waals surface area contributed by atoms with Crippen molar-refractivity contribution in [3.05, 3.63) is 28.2 Å². The van der Waals surface area contributed by atoms with Crippen LogP contribution in [0.5, 0.6) is 0 Å². The summed E-state index contributed by atoms with van der Waals surface area (Å²) in [4.78, 5) is 11.8. The highest BCUT2D eigenvalue weighted by molar-refractivity contribution is 6.35. The van der Waals surface area contributed by atoms with Gasteiger partial charge in [-0.15, -0.1) is 0 Å². The molecule has 2 rings (SSSR count). The van der Waals surface area contributed by atoms with Gasteiger partial charge in [0.25, 0.3) is 0 Å². The van der Waals surface area contributed by atoms with E-state index in [-0.39, 0.29) is 23.6 Å². The molecule has 0 radical (unpaired) electrons. The second-order valence-electron chi connectivity index (χ2n) is 5.38. The number of hydrogen-bond acceptors (Lipinski definition) is 2. The largest absolute Gasteiger partial charge is 0.392 e. The van der Waals surface area contributed by atoms with Crippen molar-refractivity contribution >= 4 is 34.9 Å². The van der Waals surface area contributed by atoms with Gasteiger partial charge >= 0.3 is 6.03 Å². The summed E-state index contributed by atoms with van der Waals surface area (Å²) in [5.74, 6) is 0. The van der Waals surface area contributed by atoms with Crippen molar-refractivity contribution in [2.75, 3.05) is 5.32 Å². The van der Waals surface area contributed by atoms with Crippen molar-refractivity contribution in [3.8, 4) is 0 Å². The third-order valence-electron chi connectivity index (χ3n) is 3.64. The average molecular weight is 303 g/mol. The number of hydrogen-bond donors (Lipinski definition) is 3. The van der Waals surface area contributed by atoms with Gasteiger partial charge in [-0.2, -0.15) is 0 Å². The van der Waals surface area contributed by atoms with Crippen LogP contribution < -0.4 is 10.6 Å². The van der Waals surface area contributed by atoms with Crippen LogP contribution in [0.3, 0.4) is 0 Å². The molecule has 0 spiro atoms. The lowest BCUT2D eigenvalue weighted by Crippen LogP contribution is -2.61. The molecule has 2 unspecified atom stereocenters. The van der Waals surface area contributed by atoms with Crippen LogP contribution in [0.4, 0.5) is 10.5 Å². The highest BCUT2D eigenvalue weighted by Crippen LogP contribution is 2.40. The molecule has 104 valence electrons. The molecule has 19 heavy (non-hydrogen) atoms. The van der Waals surface area contributed by atoms with Gasteiger partial charge in [-0.3, -0.25) is 0 Å². The Hall–Kier alpha value is -0.970. The van der Waals surface area contributed by atoms with Gasteiger partial charge in [-0.25, -0.2) is 4.79 Å². The Labute approximate surface area is 122 Å². The van der Waals surface area contributed by atoms with Crippen LogP contribution in [-0.4, -0.2) is 23.3 Å². The smallest absolute Gasteiger partial charge is 0.319 e. The second kappa shape index (κ2) is 5.19. The maximum Gasteiger partial charge on any atom is 0.319 e. The molecule has 4 nitrogen and oxygen atoms in total. The molecule has 0 bridgehead atoms. The van der Waals surface area contributed by atoms with Gasteiger partial charge in [0.05, 0.1) is 6.10 Å². The average Bonchev–Trinajstić information content (AvgIpc) is 2.27. The molecule has 1 aliphatic rings. The number of aliphatic hydroxyl groups is 1. The van der Waals surface area contributed by atoms with E-state index in [1.54, 1.807) is 18.2 Å². The van der Waals surface area contributed by atoms with Gasteiger partial charge in [0.2, 0.25) is 0 Å². The van der Waals surface area contributed by atoms with Crippen molar-refractivity contribution in [1.29, 1.82) is 0 Å². The lowest BCUT2D eigenvalue weighted by atomic mass is 9.65. The van der Waals surface area contributed by atoms with E-state index >= 15 is 0 Å². The van der Waals surface area contributed by atoms with Gasteiger partial charge in [0.1, 0.15) is 0 Å². The lowest BCUT2D eigenvalue weighted by molar-refractivity contribution is -0.0673. The molecule has 2 atom stereocenters. The highest BCUT2D eigenvalue weighted by atomic mass is 35.5. The Balaban J connectivity index is 1.95. The van der Waals surface area contributed by atoms with Crippen molar-refractivity contribution in [2.45, 2.75) is 32.4 Å². The van der Waals surface area contributed by atoms with Gasteiger partial charge in [-0.05, 0) is 24.6 Å². The molecule has 2 amide bonds.